The van der Waals surface area contributed by atoms with Crippen LogP contribution in [0.25, 0.3) is 0 Å². The standard InChI is InChI=1S/C9H14ClN3O3/c1-13(6(4-14)5-16-2)8-7(15)3-11-9(10)12-8/h3,6,14-15H,4-5H2,1-2H3/t6-/m1/s1. The number of aliphatic hydroxyl groups is 1. The molecule has 1 heterocycles. The molecule has 1 aromatic rings. The molecule has 1 atom stereocenters. The van der Waals surface area contributed by atoms with E-state index in [-0.39, 0.29) is 29.5 Å². The minimum Gasteiger partial charge on any atom is -0.503 e. The number of anilines is 1. The topological polar surface area (TPSA) is 78.7 Å². The Morgan fingerprint density at radius 1 is 1.62 bits per heavy atom. The van der Waals surface area contributed by atoms with Gasteiger partial charge in [0.05, 0.1) is 25.5 Å². The Balaban J connectivity index is 2.93. The van der Waals surface area contributed by atoms with Gasteiger partial charge in [0.25, 0.3) is 0 Å². The molecule has 2 N–H and O–H groups in total. The third-order valence-corrected chi connectivity index (χ3v) is 2.35. The maximum absolute atomic E-state index is 9.57. The lowest BCUT2D eigenvalue weighted by molar-refractivity contribution is 0.143. The van der Waals surface area contributed by atoms with Gasteiger partial charge in [0.1, 0.15) is 0 Å². The Morgan fingerprint density at radius 3 is 2.88 bits per heavy atom. The number of aromatic nitrogens is 2. The molecule has 1 aromatic heterocycles. The van der Waals surface area contributed by atoms with Gasteiger partial charge in [-0.15, -0.1) is 0 Å². The van der Waals surface area contributed by atoms with Gasteiger partial charge in [-0.3, -0.25) is 0 Å². The molecule has 90 valence electrons. The maximum atomic E-state index is 9.57. The molecule has 0 fully saturated rings. The van der Waals surface area contributed by atoms with Crippen molar-refractivity contribution in [3.63, 3.8) is 0 Å². The molecule has 0 aliphatic carbocycles. The Bertz CT molecular complexity index is 351. The first-order valence-corrected chi connectivity index (χ1v) is 5.02. The number of aromatic hydroxyl groups is 1. The molecule has 0 aromatic carbocycles. The van der Waals surface area contributed by atoms with Crippen LogP contribution in [0.4, 0.5) is 5.82 Å². The van der Waals surface area contributed by atoms with Crippen LogP contribution in [0.3, 0.4) is 0 Å². The molecule has 1 rings (SSSR count). The lowest BCUT2D eigenvalue weighted by Gasteiger charge is -2.27. The van der Waals surface area contributed by atoms with E-state index < -0.39 is 0 Å². The van der Waals surface area contributed by atoms with Crippen LogP contribution in [-0.2, 0) is 4.74 Å². The van der Waals surface area contributed by atoms with Crippen LogP contribution in [0.2, 0.25) is 5.28 Å². The summed E-state index contributed by atoms with van der Waals surface area (Å²) in [6, 6.07) is -0.304. The van der Waals surface area contributed by atoms with Crippen LogP contribution >= 0.6 is 11.6 Å². The SMILES string of the molecule is COC[C@@H](CO)N(C)c1nc(Cl)ncc1O. The highest BCUT2D eigenvalue weighted by molar-refractivity contribution is 6.28. The Kier molecular flexibility index (Phi) is 4.72. The number of methoxy groups -OCH3 is 1. The third kappa shape index (κ3) is 2.94. The van der Waals surface area contributed by atoms with E-state index in [9.17, 15) is 5.11 Å². The van der Waals surface area contributed by atoms with Gasteiger partial charge in [-0.1, -0.05) is 0 Å². The second-order valence-corrected chi connectivity index (χ2v) is 3.59. The van der Waals surface area contributed by atoms with Crippen molar-refractivity contribution in [3.05, 3.63) is 11.5 Å². The van der Waals surface area contributed by atoms with Gasteiger partial charge >= 0.3 is 0 Å². The molecule has 0 aliphatic rings. The number of hydrogen-bond acceptors (Lipinski definition) is 6. The van der Waals surface area contributed by atoms with E-state index >= 15 is 0 Å². The van der Waals surface area contributed by atoms with Gasteiger partial charge in [-0.05, 0) is 11.6 Å². The molecule has 0 radical (unpaired) electrons. The molecule has 16 heavy (non-hydrogen) atoms. The average molecular weight is 248 g/mol. The van der Waals surface area contributed by atoms with Crippen LogP contribution in [0.1, 0.15) is 0 Å². The highest BCUT2D eigenvalue weighted by atomic mass is 35.5. The summed E-state index contributed by atoms with van der Waals surface area (Å²) in [6.45, 7) is 0.194. The fraction of sp³-hybridized carbons (Fsp3) is 0.556. The average Bonchev–Trinajstić information content (AvgIpc) is 2.28. The second kappa shape index (κ2) is 5.83. The fourth-order valence-electron chi connectivity index (χ4n) is 1.26. The first-order chi connectivity index (χ1) is 7.60. The summed E-state index contributed by atoms with van der Waals surface area (Å²) >= 11 is 5.63. The number of ether oxygens (including phenoxy) is 1. The second-order valence-electron chi connectivity index (χ2n) is 3.25. The van der Waals surface area contributed by atoms with E-state index in [1.807, 2.05) is 0 Å². The molecule has 0 unspecified atom stereocenters. The number of rotatable bonds is 5. The molecular weight excluding hydrogens is 234 g/mol. The van der Waals surface area contributed by atoms with Gasteiger partial charge in [0, 0.05) is 14.2 Å². The van der Waals surface area contributed by atoms with Crippen molar-refractivity contribution in [2.24, 2.45) is 0 Å². The third-order valence-electron chi connectivity index (χ3n) is 2.17. The monoisotopic (exact) mass is 247 g/mol. The van der Waals surface area contributed by atoms with E-state index in [2.05, 4.69) is 9.97 Å². The maximum Gasteiger partial charge on any atom is 0.224 e. The van der Waals surface area contributed by atoms with Gasteiger partial charge < -0.3 is 19.8 Å². The van der Waals surface area contributed by atoms with Crippen molar-refractivity contribution in [3.8, 4) is 5.75 Å². The molecule has 0 bridgehead atoms. The first-order valence-electron chi connectivity index (χ1n) is 4.64. The summed E-state index contributed by atoms with van der Waals surface area (Å²) in [5.41, 5.74) is 0. The predicted octanol–water partition coefficient (Wildman–Crippen LogP) is 0.279. The number of aliphatic hydroxyl groups excluding tert-OH is 1. The summed E-state index contributed by atoms with van der Waals surface area (Å²) in [4.78, 5) is 9.11. The van der Waals surface area contributed by atoms with Crippen molar-refractivity contribution < 1.29 is 14.9 Å². The largest absolute Gasteiger partial charge is 0.503 e. The Labute approximate surface area is 98.5 Å². The lowest BCUT2D eigenvalue weighted by Crippen LogP contribution is -2.39. The Hall–Kier alpha value is -1.11. The zero-order valence-corrected chi connectivity index (χ0v) is 9.85. The molecular formula is C9H14ClN3O3. The van der Waals surface area contributed by atoms with Crippen LogP contribution in [0.15, 0.2) is 6.20 Å². The highest BCUT2D eigenvalue weighted by Crippen LogP contribution is 2.25. The minimum atomic E-state index is -0.304. The molecule has 0 amide bonds. The number of nitrogens with zero attached hydrogens (tertiary/aromatic N) is 3. The molecule has 0 aliphatic heterocycles. The van der Waals surface area contributed by atoms with E-state index in [4.69, 9.17) is 21.4 Å². The van der Waals surface area contributed by atoms with Crippen molar-refractivity contribution in [1.29, 1.82) is 0 Å². The highest BCUT2D eigenvalue weighted by Gasteiger charge is 2.18. The summed E-state index contributed by atoms with van der Waals surface area (Å²) < 4.78 is 4.95. The number of hydrogen-bond donors (Lipinski definition) is 2. The quantitative estimate of drug-likeness (QED) is 0.728. The molecule has 0 saturated heterocycles. The van der Waals surface area contributed by atoms with E-state index in [1.54, 1.807) is 11.9 Å². The number of halogens is 1. The van der Waals surface area contributed by atoms with Crippen molar-refractivity contribution in [1.82, 2.24) is 9.97 Å². The zero-order chi connectivity index (χ0) is 12.1. The summed E-state index contributed by atoms with van der Waals surface area (Å²) in [5, 5.41) is 18.8. The van der Waals surface area contributed by atoms with Crippen LogP contribution < -0.4 is 4.90 Å². The summed E-state index contributed by atoms with van der Waals surface area (Å²) in [7, 11) is 3.21. The molecule has 6 nitrogen and oxygen atoms in total. The van der Waals surface area contributed by atoms with Crippen molar-refractivity contribution in [2.45, 2.75) is 6.04 Å². The summed E-state index contributed by atoms with van der Waals surface area (Å²) in [5.74, 6) is 0.164. The molecule has 0 saturated carbocycles. The Morgan fingerprint density at radius 2 is 2.31 bits per heavy atom. The van der Waals surface area contributed by atoms with Gasteiger partial charge in [-0.25, -0.2) is 4.98 Å². The summed E-state index contributed by atoms with van der Waals surface area (Å²) in [6.07, 6.45) is 1.21. The van der Waals surface area contributed by atoms with Crippen LogP contribution in [-0.4, -0.2) is 53.6 Å². The zero-order valence-electron chi connectivity index (χ0n) is 9.09. The van der Waals surface area contributed by atoms with Crippen LogP contribution in [0.5, 0.6) is 5.75 Å². The van der Waals surface area contributed by atoms with Crippen LogP contribution in [0, 0.1) is 0 Å². The van der Waals surface area contributed by atoms with Gasteiger partial charge in [0.2, 0.25) is 5.28 Å². The number of likely N-dealkylation sites (N-methyl/N-ethyl adjacent to an activating group) is 1. The first kappa shape index (κ1) is 13.0. The van der Waals surface area contributed by atoms with Gasteiger partial charge in [0.15, 0.2) is 11.6 Å². The van der Waals surface area contributed by atoms with E-state index in [0.29, 0.717) is 6.61 Å². The van der Waals surface area contributed by atoms with E-state index in [1.165, 1.54) is 13.3 Å². The molecule has 7 heteroatoms. The normalized spacial score (nSPS) is 12.5. The smallest absolute Gasteiger partial charge is 0.224 e. The fourth-order valence-corrected chi connectivity index (χ4v) is 1.39. The van der Waals surface area contributed by atoms with Gasteiger partial charge in [-0.2, -0.15) is 4.98 Å². The van der Waals surface area contributed by atoms with E-state index in [0.717, 1.165) is 0 Å². The minimum absolute atomic E-state index is 0.0359. The lowest BCUT2D eigenvalue weighted by atomic mass is 10.3. The predicted molar refractivity (Wildman–Crippen MR) is 59.9 cm³/mol. The molecule has 0 spiro atoms. The van der Waals surface area contributed by atoms with Crippen molar-refractivity contribution >= 4 is 17.4 Å². The van der Waals surface area contributed by atoms with Crippen molar-refractivity contribution in [2.75, 3.05) is 32.3 Å².